The van der Waals surface area contributed by atoms with Crippen molar-refractivity contribution in [2.75, 3.05) is 19.0 Å². The van der Waals surface area contributed by atoms with Crippen LogP contribution in [0.2, 0.25) is 5.02 Å². The molecule has 5 atom stereocenters. The summed E-state index contributed by atoms with van der Waals surface area (Å²) in [6.07, 6.45) is -5.84. The van der Waals surface area contributed by atoms with Crippen LogP contribution in [0.5, 0.6) is 0 Å². The van der Waals surface area contributed by atoms with Crippen molar-refractivity contribution in [1.82, 2.24) is 9.55 Å². The molecule has 0 saturated carbocycles. The van der Waals surface area contributed by atoms with Crippen LogP contribution in [-0.4, -0.2) is 71.1 Å². The van der Waals surface area contributed by atoms with E-state index in [1.54, 1.807) is 6.07 Å². The van der Waals surface area contributed by atoms with Crippen molar-refractivity contribution in [2.24, 2.45) is 10.8 Å². The SMILES string of the molecule is COC(=O)[C@H](CC(N)=O)Nc1ccn(C2O[C@@](COC(=O)c3cccc(Cl)c3)(N=[N+]=[N-])C(OC(=O)c3ccccc3)[C@@H]2F)c(=O)n1. The number of anilines is 1. The van der Waals surface area contributed by atoms with Crippen LogP contribution in [0, 0.1) is 0 Å². The van der Waals surface area contributed by atoms with Gasteiger partial charge in [0.1, 0.15) is 18.5 Å². The Labute approximate surface area is 263 Å². The highest BCUT2D eigenvalue weighted by Gasteiger charge is 2.60. The molecule has 2 aromatic carbocycles. The molecule has 1 fully saturated rings. The summed E-state index contributed by atoms with van der Waals surface area (Å²) in [6.45, 7) is -0.957. The second-order valence-electron chi connectivity index (χ2n) is 9.66. The number of nitrogens with zero attached hydrogens (tertiary/aromatic N) is 5. The fourth-order valence-electron chi connectivity index (χ4n) is 4.44. The summed E-state index contributed by atoms with van der Waals surface area (Å²) in [5.41, 5.74) is 11.0. The molecule has 0 radical (unpaired) electrons. The van der Waals surface area contributed by atoms with Gasteiger partial charge in [-0.3, -0.25) is 9.36 Å². The Bertz CT molecular complexity index is 1740. The molecule has 4 rings (SSSR count). The van der Waals surface area contributed by atoms with Crippen molar-refractivity contribution >= 4 is 41.2 Å². The van der Waals surface area contributed by atoms with Crippen molar-refractivity contribution < 1.29 is 42.5 Å². The van der Waals surface area contributed by atoms with Gasteiger partial charge in [0.05, 0.1) is 24.7 Å². The Morgan fingerprint density at radius 3 is 2.52 bits per heavy atom. The van der Waals surface area contributed by atoms with Crippen LogP contribution in [0.1, 0.15) is 33.4 Å². The number of nitrogens with two attached hydrogens (primary N) is 1. The lowest BCUT2D eigenvalue weighted by Crippen LogP contribution is -2.47. The van der Waals surface area contributed by atoms with Crippen LogP contribution < -0.4 is 16.7 Å². The number of carbonyl (C=O) groups is 4. The van der Waals surface area contributed by atoms with Crippen LogP contribution >= 0.6 is 11.6 Å². The summed E-state index contributed by atoms with van der Waals surface area (Å²) in [6, 6.07) is 13.0. The molecule has 0 aliphatic carbocycles. The Hall–Kier alpha value is -5.51. The van der Waals surface area contributed by atoms with E-state index in [2.05, 4.69) is 25.1 Å². The van der Waals surface area contributed by atoms with Gasteiger partial charge in [-0.15, -0.1) is 0 Å². The van der Waals surface area contributed by atoms with E-state index in [1.165, 1.54) is 48.5 Å². The number of nitrogens with one attached hydrogen (secondary N) is 1. The maximum absolute atomic E-state index is 16.3. The number of hydrogen-bond acceptors (Lipinski definition) is 12. The smallest absolute Gasteiger partial charge is 0.351 e. The molecular weight excluding hydrogens is 633 g/mol. The third-order valence-electron chi connectivity index (χ3n) is 6.58. The summed E-state index contributed by atoms with van der Waals surface area (Å²) >= 11 is 5.94. The van der Waals surface area contributed by atoms with Gasteiger partial charge >= 0.3 is 23.6 Å². The molecule has 46 heavy (non-hydrogen) atoms. The summed E-state index contributed by atoms with van der Waals surface area (Å²) in [7, 11) is 1.07. The predicted octanol–water partition coefficient (Wildman–Crippen LogP) is 2.68. The van der Waals surface area contributed by atoms with Crippen molar-refractivity contribution in [3.8, 4) is 0 Å². The van der Waals surface area contributed by atoms with Crippen LogP contribution in [0.15, 0.2) is 76.8 Å². The Kier molecular flexibility index (Phi) is 10.5. The topological polar surface area (TPSA) is 227 Å². The Morgan fingerprint density at radius 2 is 1.89 bits per heavy atom. The zero-order valence-electron chi connectivity index (χ0n) is 23.8. The minimum Gasteiger partial charge on any atom is -0.467 e. The predicted molar refractivity (Wildman–Crippen MR) is 156 cm³/mol. The molecule has 1 amide bonds. The van der Waals surface area contributed by atoms with E-state index < -0.39 is 72.8 Å². The number of carbonyl (C=O) groups excluding carboxylic acids is 4. The second kappa shape index (κ2) is 14.5. The molecule has 2 unspecified atom stereocenters. The molecular formula is C28H25ClFN7O9. The first-order valence-electron chi connectivity index (χ1n) is 13.3. The molecule has 16 nitrogen and oxygen atoms in total. The molecule has 1 aromatic heterocycles. The molecule has 0 spiro atoms. The molecule has 1 aliphatic heterocycles. The van der Waals surface area contributed by atoms with Crippen LogP contribution in [0.25, 0.3) is 10.4 Å². The molecule has 1 saturated heterocycles. The highest BCUT2D eigenvalue weighted by Crippen LogP contribution is 2.42. The van der Waals surface area contributed by atoms with Gasteiger partial charge < -0.3 is 30.0 Å². The maximum atomic E-state index is 16.3. The zero-order chi connectivity index (χ0) is 33.4. The summed E-state index contributed by atoms with van der Waals surface area (Å²) in [5, 5.41) is 6.28. The van der Waals surface area contributed by atoms with Gasteiger partial charge in [0.2, 0.25) is 11.6 Å². The van der Waals surface area contributed by atoms with Gasteiger partial charge in [-0.1, -0.05) is 41.0 Å². The van der Waals surface area contributed by atoms with Crippen LogP contribution in [0.3, 0.4) is 0 Å². The third-order valence-corrected chi connectivity index (χ3v) is 6.81. The first-order chi connectivity index (χ1) is 22.0. The van der Waals surface area contributed by atoms with E-state index in [4.69, 9.17) is 31.5 Å². The fourth-order valence-corrected chi connectivity index (χ4v) is 4.63. The molecule has 1 aliphatic rings. The minimum absolute atomic E-state index is 0.00198. The van der Waals surface area contributed by atoms with Gasteiger partial charge in [0.25, 0.3) is 0 Å². The average molecular weight is 658 g/mol. The molecule has 2 heterocycles. The van der Waals surface area contributed by atoms with Gasteiger partial charge in [-0.05, 0) is 41.9 Å². The van der Waals surface area contributed by atoms with Gasteiger partial charge in [0.15, 0.2) is 18.5 Å². The quantitative estimate of drug-likeness (QED) is 0.0946. The number of amides is 1. The maximum Gasteiger partial charge on any atom is 0.351 e. The number of halogens is 2. The highest BCUT2D eigenvalue weighted by atomic mass is 35.5. The molecule has 3 aromatic rings. The number of methoxy groups -OCH3 is 1. The third kappa shape index (κ3) is 7.58. The first kappa shape index (κ1) is 33.4. The highest BCUT2D eigenvalue weighted by molar-refractivity contribution is 6.30. The number of aromatic nitrogens is 2. The number of hydrogen-bond donors (Lipinski definition) is 2. The van der Waals surface area contributed by atoms with E-state index in [-0.39, 0.29) is 22.0 Å². The average Bonchev–Trinajstić information content (AvgIpc) is 3.29. The standard InChI is InChI=1S/C28H25ClFN7O9/c1-43-26(41)18(13-19(31)38)33-20-10-11-37(27(42)34-20)23-21(30)22(45-25(40)15-6-3-2-4-7-15)28(46-23,35-36-32)14-44-24(39)16-8-5-9-17(29)12-16/h2-12,18,21-23H,13-14H2,1H3,(H2,31,38)(H,33,34,42)/t18-,21-,22?,23?,28+/m0/s1. The van der Waals surface area contributed by atoms with Gasteiger partial charge in [-0.25, -0.2) is 23.6 Å². The monoisotopic (exact) mass is 657 g/mol. The lowest BCUT2D eigenvalue weighted by Gasteiger charge is -2.28. The fraction of sp³-hybridized carbons (Fsp3) is 0.286. The molecule has 3 N–H and O–H groups in total. The molecule has 18 heteroatoms. The van der Waals surface area contributed by atoms with E-state index in [0.717, 1.165) is 19.4 Å². The number of alkyl halides is 1. The zero-order valence-corrected chi connectivity index (χ0v) is 24.6. The van der Waals surface area contributed by atoms with E-state index in [0.29, 0.717) is 4.57 Å². The first-order valence-corrected chi connectivity index (χ1v) is 13.6. The van der Waals surface area contributed by atoms with E-state index >= 15 is 4.39 Å². The van der Waals surface area contributed by atoms with Gasteiger partial charge in [0, 0.05) is 16.1 Å². The number of primary amides is 1. The van der Waals surface area contributed by atoms with Crippen molar-refractivity contribution in [3.63, 3.8) is 0 Å². The van der Waals surface area contributed by atoms with Crippen molar-refractivity contribution in [3.05, 3.63) is 104 Å². The Morgan fingerprint density at radius 1 is 1.17 bits per heavy atom. The lowest BCUT2D eigenvalue weighted by atomic mass is 10.1. The second-order valence-corrected chi connectivity index (χ2v) is 10.1. The van der Waals surface area contributed by atoms with Crippen molar-refractivity contribution in [1.29, 1.82) is 0 Å². The van der Waals surface area contributed by atoms with Crippen LogP contribution in [-0.2, 0) is 28.5 Å². The van der Waals surface area contributed by atoms with E-state index in [1.807, 2.05) is 0 Å². The number of benzene rings is 2. The normalized spacial score (nSPS) is 20.9. The lowest BCUT2D eigenvalue weighted by molar-refractivity contribution is -0.142. The number of azide groups is 1. The largest absolute Gasteiger partial charge is 0.467 e. The Balaban J connectivity index is 1.68. The summed E-state index contributed by atoms with van der Waals surface area (Å²) in [4.78, 5) is 68.7. The molecule has 240 valence electrons. The number of ether oxygens (including phenoxy) is 4. The minimum atomic E-state index is -2.51. The summed E-state index contributed by atoms with van der Waals surface area (Å²) in [5.74, 6) is -3.93. The number of rotatable bonds is 12. The van der Waals surface area contributed by atoms with Crippen molar-refractivity contribution in [2.45, 2.75) is 36.7 Å². The van der Waals surface area contributed by atoms with Crippen LogP contribution in [0.4, 0.5) is 10.2 Å². The molecule has 0 bridgehead atoms. The summed E-state index contributed by atoms with van der Waals surface area (Å²) < 4.78 is 38.0. The van der Waals surface area contributed by atoms with Gasteiger partial charge in [-0.2, -0.15) is 4.98 Å². The van der Waals surface area contributed by atoms with E-state index in [9.17, 15) is 29.5 Å². The number of esters is 3.